The highest BCUT2D eigenvalue weighted by molar-refractivity contribution is 5.93. The molecule has 2 aliphatic heterocycles. The molecule has 2 fully saturated rings. The molecule has 0 aliphatic carbocycles. The smallest absolute Gasteiger partial charge is 0.319 e. The number of anilines is 2. The van der Waals surface area contributed by atoms with Crippen LogP contribution >= 0.6 is 0 Å². The highest BCUT2D eigenvalue weighted by Crippen LogP contribution is 2.30. The van der Waals surface area contributed by atoms with E-state index in [2.05, 4.69) is 54.6 Å². The number of benzene rings is 1. The van der Waals surface area contributed by atoms with Gasteiger partial charge < -0.3 is 20.9 Å². The van der Waals surface area contributed by atoms with Crippen molar-refractivity contribution in [3.8, 4) is 0 Å². The van der Waals surface area contributed by atoms with Gasteiger partial charge in [0.05, 0.1) is 11.4 Å². The zero-order valence-corrected chi connectivity index (χ0v) is 16.7. The second-order valence-electron chi connectivity index (χ2n) is 9.16. The van der Waals surface area contributed by atoms with Crippen molar-refractivity contribution in [2.75, 3.05) is 23.3 Å². The molecule has 2 saturated heterocycles. The fourth-order valence-electron chi connectivity index (χ4n) is 4.76. The molecule has 5 nitrogen and oxygen atoms in total. The maximum Gasteiger partial charge on any atom is 0.319 e. The summed E-state index contributed by atoms with van der Waals surface area (Å²) in [6.45, 7) is 10.9. The summed E-state index contributed by atoms with van der Waals surface area (Å²) in [5.74, 6) is 0. The summed E-state index contributed by atoms with van der Waals surface area (Å²) < 4.78 is 0. The lowest BCUT2D eigenvalue weighted by molar-refractivity contribution is 0.149. The topological polar surface area (TPSA) is 56.4 Å². The molecule has 0 unspecified atom stereocenters. The summed E-state index contributed by atoms with van der Waals surface area (Å²) >= 11 is 0. The molecule has 2 amide bonds. The van der Waals surface area contributed by atoms with Gasteiger partial charge >= 0.3 is 6.03 Å². The predicted molar refractivity (Wildman–Crippen MR) is 109 cm³/mol. The van der Waals surface area contributed by atoms with Gasteiger partial charge in [-0.3, -0.25) is 0 Å². The summed E-state index contributed by atoms with van der Waals surface area (Å²) in [5, 5.41) is 9.96. The second kappa shape index (κ2) is 7.47. The van der Waals surface area contributed by atoms with Crippen molar-refractivity contribution in [3.05, 3.63) is 24.3 Å². The fraction of sp³-hybridized carbons (Fsp3) is 0.667. The molecule has 5 heteroatoms. The third kappa shape index (κ3) is 4.91. The van der Waals surface area contributed by atoms with E-state index < -0.39 is 0 Å². The molecule has 0 spiro atoms. The summed E-state index contributed by atoms with van der Waals surface area (Å²) in [6.07, 6.45) is 5.60. The second-order valence-corrected chi connectivity index (χ2v) is 9.16. The first-order valence-electron chi connectivity index (χ1n) is 9.95. The largest absolute Gasteiger partial charge is 0.370 e. The Hall–Kier alpha value is -1.75. The minimum absolute atomic E-state index is 0.0193. The standard InChI is InChI=1S/C21H34N4O/c1-20(2)14-16(15-21(3,4)24-20)22-19(26)23-17-10-6-7-11-18(17)25-12-8-5-9-13-25/h6-7,10-11,16,24H,5,8-9,12-15H2,1-4H3,(H2,22,23,26). The minimum atomic E-state index is -0.104. The van der Waals surface area contributed by atoms with E-state index in [9.17, 15) is 4.79 Å². The normalized spacial score (nSPS) is 22.7. The van der Waals surface area contributed by atoms with Gasteiger partial charge in [0.15, 0.2) is 0 Å². The summed E-state index contributed by atoms with van der Waals surface area (Å²) in [7, 11) is 0. The number of carbonyl (C=O) groups excluding carboxylic acids is 1. The van der Waals surface area contributed by atoms with Crippen molar-refractivity contribution < 1.29 is 4.79 Å². The average molecular weight is 359 g/mol. The van der Waals surface area contributed by atoms with E-state index in [0.29, 0.717) is 0 Å². The Bertz CT molecular complexity index is 619. The van der Waals surface area contributed by atoms with E-state index in [1.807, 2.05) is 18.2 Å². The Morgan fingerprint density at radius 2 is 1.65 bits per heavy atom. The van der Waals surface area contributed by atoms with Crippen LogP contribution in [-0.4, -0.2) is 36.2 Å². The number of piperidine rings is 2. The first-order valence-corrected chi connectivity index (χ1v) is 9.95. The van der Waals surface area contributed by atoms with Gasteiger partial charge in [-0.25, -0.2) is 4.79 Å². The van der Waals surface area contributed by atoms with Gasteiger partial charge in [-0.2, -0.15) is 0 Å². The molecule has 0 atom stereocenters. The maximum atomic E-state index is 12.7. The Balaban J connectivity index is 1.65. The van der Waals surface area contributed by atoms with Gasteiger partial charge in [0.1, 0.15) is 0 Å². The molecule has 3 rings (SSSR count). The molecule has 0 bridgehead atoms. The van der Waals surface area contributed by atoms with E-state index in [0.717, 1.165) is 37.3 Å². The van der Waals surface area contributed by atoms with Crippen LogP contribution in [0, 0.1) is 0 Å². The molecular weight excluding hydrogens is 324 g/mol. The Morgan fingerprint density at radius 1 is 1.04 bits per heavy atom. The van der Waals surface area contributed by atoms with Crippen molar-refractivity contribution in [1.29, 1.82) is 0 Å². The lowest BCUT2D eigenvalue weighted by Crippen LogP contribution is -2.62. The number of amides is 2. The third-order valence-electron chi connectivity index (χ3n) is 5.37. The van der Waals surface area contributed by atoms with Gasteiger partial charge in [-0.15, -0.1) is 0 Å². The summed E-state index contributed by atoms with van der Waals surface area (Å²) in [6, 6.07) is 8.21. The van der Waals surface area contributed by atoms with E-state index in [1.165, 1.54) is 19.3 Å². The quantitative estimate of drug-likeness (QED) is 0.762. The Kier molecular flexibility index (Phi) is 5.47. The van der Waals surface area contributed by atoms with Crippen molar-refractivity contribution in [3.63, 3.8) is 0 Å². The van der Waals surface area contributed by atoms with Gasteiger partial charge in [0.2, 0.25) is 0 Å². The molecule has 0 aromatic heterocycles. The van der Waals surface area contributed by atoms with Crippen LogP contribution < -0.4 is 20.9 Å². The molecule has 144 valence electrons. The molecule has 3 N–H and O–H groups in total. The lowest BCUT2D eigenvalue weighted by atomic mass is 9.80. The van der Waals surface area contributed by atoms with Gasteiger partial charge in [-0.05, 0) is 71.9 Å². The van der Waals surface area contributed by atoms with Gasteiger partial charge in [0.25, 0.3) is 0 Å². The summed E-state index contributed by atoms with van der Waals surface area (Å²) in [5.41, 5.74) is 2.07. The highest BCUT2D eigenvalue weighted by atomic mass is 16.2. The molecule has 1 aromatic rings. The Morgan fingerprint density at radius 3 is 2.31 bits per heavy atom. The predicted octanol–water partition coefficient (Wildman–Crippen LogP) is 4.11. The van der Waals surface area contributed by atoms with Crippen molar-refractivity contribution in [2.45, 2.75) is 76.9 Å². The first kappa shape index (κ1) is 19.0. The molecule has 2 aliphatic rings. The van der Waals surface area contributed by atoms with E-state index in [1.54, 1.807) is 0 Å². The average Bonchev–Trinajstić information content (AvgIpc) is 2.53. The number of urea groups is 1. The monoisotopic (exact) mass is 358 g/mol. The zero-order chi connectivity index (χ0) is 18.8. The molecular formula is C21H34N4O. The number of hydrogen-bond donors (Lipinski definition) is 3. The van der Waals surface area contributed by atoms with Crippen LogP contribution in [0.5, 0.6) is 0 Å². The van der Waals surface area contributed by atoms with Crippen LogP contribution in [0.3, 0.4) is 0 Å². The van der Waals surface area contributed by atoms with E-state index in [4.69, 9.17) is 0 Å². The summed E-state index contributed by atoms with van der Waals surface area (Å²) in [4.78, 5) is 15.1. The molecule has 0 radical (unpaired) electrons. The molecule has 0 saturated carbocycles. The number of para-hydroxylation sites is 2. The van der Waals surface area contributed by atoms with Gasteiger partial charge in [0, 0.05) is 30.2 Å². The maximum absolute atomic E-state index is 12.7. The third-order valence-corrected chi connectivity index (χ3v) is 5.37. The van der Waals surface area contributed by atoms with Crippen LogP contribution in [0.15, 0.2) is 24.3 Å². The van der Waals surface area contributed by atoms with E-state index >= 15 is 0 Å². The minimum Gasteiger partial charge on any atom is -0.370 e. The lowest BCUT2D eigenvalue weighted by Gasteiger charge is -2.46. The number of nitrogens with one attached hydrogen (secondary N) is 3. The van der Waals surface area contributed by atoms with E-state index in [-0.39, 0.29) is 23.2 Å². The van der Waals surface area contributed by atoms with Gasteiger partial charge in [-0.1, -0.05) is 12.1 Å². The zero-order valence-electron chi connectivity index (χ0n) is 16.7. The molecule has 1 aromatic carbocycles. The van der Waals surface area contributed by atoms with Crippen LogP contribution in [0.1, 0.15) is 59.8 Å². The molecule has 26 heavy (non-hydrogen) atoms. The number of hydrogen-bond acceptors (Lipinski definition) is 3. The Labute approximate surface area is 157 Å². The van der Waals surface area contributed by atoms with Crippen molar-refractivity contribution in [2.24, 2.45) is 0 Å². The van der Waals surface area contributed by atoms with Crippen LogP contribution in [-0.2, 0) is 0 Å². The fourth-order valence-corrected chi connectivity index (χ4v) is 4.76. The number of carbonyl (C=O) groups is 1. The highest BCUT2D eigenvalue weighted by Gasteiger charge is 2.38. The van der Waals surface area contributed by atoms with Crippen LogP contribution in [0.4, 0.5) is 16.2 Å². The van der Waals surface area contributed by atoms with Crippen molar-refractivity contribution in [1.82, 2.24) is 10.6 Å². The number of rotatable bonds is 3. The molecule has 2 heterocycles. The first-order chi connectivity index (χ1) is 12.2. The van der Waals surface area contributed by atoms with Crippen molar-refractivity contribution >= 4 is 17.4 Å². The number of nitrogens with zero attached hydrogens (tertiary/aromatic N) is 1. The van der Waals surface area contributed by atoms with Crippen LogP contribution in [0.25, 0.3) is 0 Å². The van der Waals surface area contributed by atoms with Crippen LogP contribution in [0.2, 0.25) is 0 Å². The SMILES string of the molecule is CC1(C)CC(NC(=O)Nc2ccccc2N2CCCCC2)CC(C)(C)N1.